The normalized spacial score (nSPS) is 15.8. The molecule has 3 N–H and O–H groups in total. The largest absolute Gasteiger partial charge is 0.460 e. The first-order valence-corrected chi connectivity index (χ1v) is 13.5. The number of benzene rings is 1. The first-order valence-electron chi connectivity index (χ1n) is 11.7. The highest BCUT2D eigenvalue weighted by Crippen LogP contribution is 2.55. The van der Waals surface area contributed by atoms with Crippen molar-refractivity contribution in [1.82, 2.24) is 20.4 Å². The number of amides is 1. The molecule has 0 aliphatic heterocycles. The van der Waals surface area contributed by atoms with Gasteiger partial charge in [0, 0.05) is 24.8 Å². The molecule has 0 radical (unpaired) electrons. The summed E-state index contributed by atoms with van der Waals surface area (Å²) in [5.74, 6) is -20.6. The molecule has 0 bridgehead atoms. The second kappa shape index (κ2) is 11.6. The van der Waals surface area contributed by atoms with Crippen LogP contribution in [0.1, 0.15) is 23.2 Å². The number of nitrogens with one attached hydrogen (secondary N) is 3. The van der Waals surface area contributed by atoms with E-state index in [0.29, 0.717) is 7.05 Å². The van der Waals surface area contributed by atoms with Crippen molar-refractivity contribution < 1.29 is 70.1 Å². The molecule has 1 aliphatic rings. The van der Waals surface area contributed by atoms with Crippen LogP contribution in [0.5, 0.6) is 0 Å². The summed E-state index contributed by atoms with van der Waals surface area (Å²) in [6, 6.07) is 3.67. The number of carbonyl (C=O) groups excluding carboxylic acids is 1. The number of hydrogen-bond acceptors (Lipinski definition) is 7. The number of hydrogen-bond donors (Lipinski definition) is 3. The third kappa shape index (κ3) is 6.65. The van der Waals surface area contributed by atoms with E-state index in [2.05, 4.69) is 14.6 Å². The fraction of sp³-hybridized carbons (Fsp3) is 0.409. The molecule has 0 atom stereocenters. The van der Waals surface area contributed by atoms with Crippen molar-refractivity contribution in [2.24, 2.45) is 0 Å². The smallest absolute Gasteiger partial charge is 0.372 e. The number of rotatable bonds is 10. The van der Waals surface area contributed by atoms with Crippen molar-refractivity contribution in [3.05, 3.63) is 46.8 Å². The molecule has 1 fully saturated rings. The van der Waals surface area contributed by atoms with Crippen LogP contribution in [0, 0.1) is 5.41 Å². The Morgan fingerprint density at radius 3 is 2.07 bits per heavy atom. The summed E-state index contributed by atoms with van der Waals surface area (Å²) in [5.41, 5.74) is -2.67. The molecule has 250 valence electrons. The molecule has 1 heterocycles. The third-order valence-corrected chi connectivity index (χ3v) is 7.48. The Hall–Kier alpha value is -3.69. The topological polar surface area (TPSA) is 126 Å². The first-order chi connectivity index (χ1) is 20.3. The zero-order chi connectivity index (χ0) is 34.6. The lowest BCUT2D eigenvalue weighted by molar-refractivity contribution is -0.382. The second-order valence-corrected chi connectivity index (χ2v) is 11.1. The summed E-state index contributed by atoms with van der Waals surface area (Å²) in [4.78, 5) is 12.4. The molecule has 9 nitrogen and oxygen atoms in total. The molecule has 1 aliphatic carbocycles. The van der Waals surface area contributed by atoms with Gasteiger partial charge in [-0.3, -0.25) is 10.2 Å². The quantitative estimate of drug-likeness (QED) is 0.124. The van der Waals surface area contributed by atoms with E-state index in [1.807, 2.05) is 0 Å². The number of carbonyl (C=O) groups is 1. The maximum Gasteiger partial charge on any atom is 0.460 e. The van der Waals surface area contributed by atoms with E-state index in [1.54, 1.807) is 5.32 Å². The van der Waals surface area contributed by atoms with Gasteiger partial charge >= 0.3 is 39.6 Å². The average Bonchev–Trinajstić information content (AvgIpc) is 3.57. The predicted octanol–water partition coefficient (Wildman–Crippen LogP) is 5.80. The van der Waals surface area contributed by atoms with Gasteiger partial charge in [0.2, 0.25) is 5.90 Å². The standard InChI is InChI=1S/C22H16ClF12N5O4S/c1-37-16(40-8-10(7-38-40)9-2-5-13(23)12(6-9)17(41)39-11-3-4-11)14(18(24,25)26)15(36)44-45(42,43)22(34,35)20(29,30)19(27,28)21(31,32)33/h2,5-8,11,36-37H,3-4H2,1H3,(H,39,41)/b16-14-,36-15?. The van der Waals surface area contributed by atoms with Crippen molar-refractivity contribution in [1.29, 1.82) is 5.41 Å². The molecule has 0 unspecified atom stereocenters. The molecular weight excluding hydrogens is 694 g/mol. The summed E-state index contributed by atoms with van der Waals surface area (Å²) in [5, 5.41) is 7.77. The maximum absolute atomic E-state index is 14.0. The molecule has 1 aromatic carbocycles. The summed E-state index contributed by atoms with van der Waals surface area (Å²) >= 11 is 6.04. The Kier molecular flexibility index (Phi) is 9.22. The first kappa shape index (κ1) is 35.8. The van der Waals surface area contributed by atoms with E-state index in [9.17, 15) is 65.9 Å². The van der Waals surface area contributed by atoms with Crippen LogP contribution in [0.4, 0.5) is 52.7 Å². The van der Waals surface area contributed by atoms with Gasteiger partial charge in [-0.15, -0.1) is 0 Å². The molecule has 1 saturated carbocycles. The maximum atomic E-state index is 14.0. The minimum Gasteiger partial charge on any atom is -0.372 e. The van der Waals surface area contributed by atoms with Gasteiger partial charge in [-0.05, 0) is 30.5 Å². The van der Waals surface area contributed by atoms with Gasteiger partial charge in [-0.1, -0.05) is 17.7 Å². The Bertz CT molecular complexity index is 1630. The van der Waals surface area contributed by atoms with Crippen molar-refractivity contribution in [2.75, 3.05) is 7.05 Å². The molecule has 0 spiro atoms. The SMILES string of the molecule is CN/C(=C(\C(=N)OS(=O)(=O)C(F)(F)C(F)(F)C(F)(F)C(F)(F)F)C(F)(F)F)n1cc(-c2ccc(Cl)c(C(=O)NC3CC3)c2)cn1. The van der Waals surface area contributed by atoms with Crippen LogP contribution >= 0.6 is 11.6 Å². The van der Waals surface area contributed by atoms with Crippen LogP contribution < -0.4 is 10.6 Å². The fourth-order valence-corrected chi connectivity index (χ4v) is 4.46. The highest BCUT2D eigenvalue weighted by atomic mass is 35.5. The van der Waals surface area contributed by atoms with Gasteiger partial charge in [-0.2, -0.15) is 66.2 Å². The Balaban J connectivity index is 2.04. The lowest BCUT2D eigenvalue weighted by atomic mass is 10.1. The van der Waals surface area contributed by atoms with Gasteiger partial charge in [-0.25, -0.2) is 4.68 Å². The molecule has 23 heteroatoms. The Morgan fingerprint density at radius 2 is 1.58 bits per heavy atom. The van der Waals surface area contributed by atoms with Crippen molar-refractivity contribution in [3.63, 3.8) is 0 Å². The van der Waals surface area contributed by atoms with E-state index in [0.717, 1.165) is 25.2 Å². The van der Waals surface area contributed by atoms with Crippen molar-refractivity contribution in [3.8, 4) is 11.1 Å². The summed E-state index contributed by atoms with van der Waals surface area (Å²) < 4.78 is 187. The monoisotopic (exact) mass is 709 g/mol. The minimum absolute atomic E-state index is 0.0124. The van der Waals surface area contributed by atoms with Crippen LogP contribution in [0.25, 0.3) is 16.9 Å². The highest BCUT2D eigenvalue weighted by Gasteiger charge is 2.86. The van der Waals surface area contributed by atoms with Crippen LogP contribution in [-0.2, 0) is 14.3 Å². The van der Waals surface area contributed by atoms with E-state index >= 15 is 0 Å². The zero-order valence-corrected chi connectivity index (χ0v) is 23.3. The predicted molar refractivity (Wildman–Crippen MR) is 130 cm³/mol. The lowest BCUT2D eigenvalue weighted by Crippen LogP contribution is -2.63. The molecule has 3 rings (SSSR count). The highest BCUT2D eigenvalue weighted by molar-refractivity contribution is 7.88. The number of aromatic nitrogens is 2. The van der Waals surface area contributed by atoms with Crippen LogP contribution in [-0.4, -0.2) is 72.5 Å². The average molecular weight is 710 g/mol. The summed E-state index contributed by atoms with van der Waals surface area (Å²) in [6.07, 6.45) is -10.4. The van der Waals surface area contributed by atoms with Gasteiger partial charge in [0.15, 0.2) is 5.57 Å². The van der Waals surface area contributed by atoms with Gasteiger partial charge < -0.3 is 14.8 Å². The third-order valence-electron chi connectivity index (χ3n) is 5.88. The van der Waals surface area contributed by atoms with Gasteiger partial charge in [0.1, 0.15) is 5.82 Å². The number of halogens is 13. The van der Waals surface area contributed by atoms with Gasteiger partial charge in [0.25, 0.3) is 5.91 Å². The van der Waals surface area contributed by atoms with Crippen molar-refractivity contribution in [2.45, 2.75) is 48.3 Å². The molecule has 0 saturated heterocycles. The van der Waals surface area contributed by atoms with E-state index in [4.69, 9.17) is 17.0 Å². The van der Waals surface area contributed by atoms with Gasteiger partial charge in [0.05, 0.1) is 16.8 Å². The molecule has 1 aromatic heterocycles. The van der Waals surface area contributed by atoms with Crippen LogP contribution in [0.15, 0.2) is 36.2 Å². The molecular formula is C22H16ClF12N5O4S. The lowest BCUT2D eigenvalue weighted by Gasteiger charge is -2.32. The van der Waals surface area contributed by atoms with Crippen LogP contribution in [0.2, 0.25) is 5.02 Å². The Labute approximate surface area is 248 Å². The Morgan fingerprint density at radius 1 is 1.00 bits per heavy atom. The summed E-state index contributed by atoms with van der Waals surface area (Å²) in [6.45, 7) is 0. The zero-order valence-electron chi connectivity index (χ0n) is 21.7. The second-order valence-electron chi connectivity index (χ2n) is 9.12. The van der Waals surface area contributed by atoms with E-state index < -0.39 is 62.8 Å². The number of alkyl halides is 12. The fourth-order valence-electron chi connectivity index (χ4n) is 3.41. The van der Waals surface area contributed by atoms with E-state index in [-0.39, 0.29) is 32.4 Å². The molecule has 1 amide bonds. The summed E-state index contributed by atoms with van der Waals surface area (Å²) in [7, 11) is -7.18. The van der Waals surface area contributed by atoms with E-state index in [1.165, 1.54) is 18.2 Å². The minimum atomic E-state index is -7.88. The van der Waals surface area contributed by atoms with Crippen LogP contribution in [0.3, 0.4) is 0 Å². The molecule has 2 aromatic rings. The number of nitrogens with zero attached hydrogens (tertiary/aromatic N) is 2. The molecule has 45 heavy (non-hydrogen) atoms. The van der Waals surface area contributed by atoms with Crippen molar-refractivity contribution >= 4 is 39.3 Å².